The van der Waals surface area contributed by atoms with Crippen molar-refractivity contribution >= 4 is 5.91 Å². The number of aryl methyl sites for hydroxylation is 1. The summed E-state index contributed by atoms with van der Waals surface area (Å²) in [6.45, 7) is 4.78. The van der Waals surface area contributed by atoms with Crippen LogP contribution in [0.1, 0.15) is 24.0 Å². The molecule has 1 N–H and O–H groups in total. The Kier molecular flexibility index (Phi) is 4.50. The van der Waals surface area contributed by atoms with E-state index in [4.69, 9.17) is 0 Å². The molecule has 1 aliphatic carbocycles. The molecule has 2 bridgehead atoms. The van der Waals surface area contributed by atoms with E-state index < -0.39 is 0 Å². The molecule has 1 aromatic carbocycles. The number of rotatable bonds is 4. The topological polar surface area (TPSA) is 43.8 Å². The lowest BCUT2D eigenvalue weighted by Gasteiger charge is -2.36. The van der Waals surface area contributed by atoms with Crippen molar-refractivity contribution in [3.8, 4) is 0 Å². The van der Waals surface area contributed by atoms with E-state index in [0.717, 1.165) is 32.5 Å². The highest BCUT2D eigenvalue weighted by molar-refractivity contribution is 5.78. The summed E-state index contributed by atoms with van der Waals surface area (Å²) in [4.78, 5) is 16.5. The molecule has 120 valence electrons. The number of amides is 1. The number of hydrogen-bond acceptors (Lipinski definition) is 3. The van der Waals surface area contributed by atoms with Crippen LogP contribution in [0.3, 0.4) is 0 Å². The van der Waals surface area contributed by atoms with E-state index in [1.165, 1.54) is 11.1 Å². The van der Waals surface area contributed by atoms with Crippen LogP contribution in [-0.2, 0) is 11.3 Å². The molecule has 1 amide bonds. The number of nitrogens with zero attached hydrogens (tertiary/aromatic N) is 2. The van der Waals surface area contributed by atoms with Gasteiger partial charge in [-0.1, -0.05) is 29.8 Å². The molecule has 2 fully saturated rings. The van der Waals surface area contributed by atoms with Crippen molar-refractivity contribution in [3.05, 3.63) is 35.4 Å². The molecular weight excluding hydrogens is 276 g/mol. The monoisotopic (exact) mass is 302 g/mol. The predicted molar refractivity (Wildman–Crippen MR) is 86.3 cm³/mol. The molecule has 0 radical (unpaired) electrons. The van der Waals surface area contributed by atoms with Gasteiger partial charge < -0.3 is 10.0 Å². The number of benzene rings is 1. The Hall–Kier alpha value is -1.39. The normalized spacial score (nSPS) is 27.5. The summed E-state index contributed by atoms with van der Waals surface area (Å²) in [5.41, 5.74) is 2.49. The molecule has 22 heavy (non-hydrogen) atoms. The summed E-state index contributed by atoms with van der Waals surface area (Å²) in [7, 11) is 1.99. The Morgan fingerprint density at radius 2 is 1.82 bits per heavy atom. The minimum absolute atomic E-state index is 0.186. The van der Waals surface area contributed by atoms with E-state index in [1.807, 2.05) is 11.9 Å². The first-order valence-electron chi connectivity index (χ1n) is 8.23. The molecule has 1 aliphatic heterocycles. The van der Waals surface area contributed by atoms with Crippen molar-refractivity contribution in [2.24, 2.45) is 11.8 Å². The molecule has 3 atom stereocenters. The second-order valence-electron chi connectivity index (χ2n) is 7.04. The van der Waals surface area contributed by atoms with Crippen LogP contribution in [0.2, 0.25) is 0 Å². The summed E-state index contributed by atoms with van der Waals surface area (Å²) in [6, 6.07) is 8.45. The lowest BCUT2D eigenvalue weighted by molar-refractivity contribution is -0.136. The first-order chi connectivity index (χ1) is 10.5. The van der Waals surface area contributed by atoms with Gasteiger partial charge in [0.25, 0.3) is 0 Å². The van der Waals surface area contributed by atoms with Crippen LogP contribution in [0.4, 0.5) is 0 Å². The minimum atomic E-state index is -0.186. The van der Waals surface area contributed by atoms with Gasteiger partial charge in [-0.25, -0.2) is 0 Å². The van der Waals surface area contributed by atoms with E-state index in [2.05, 4.69) is 36.1 Å². The zero-order chi connectivity index (χ0) is 15.7. The van der Waals surface area contributed by atoms with Crippen molar-refractivity contribution < 1.29 is 9.90 Å². The number of likely N-dealkylation sites (N-methyl/N-ethyl adjacent to an activating group) is 1. The van der Waals surface area contributed by atoms with E-state index in [9.17, 15) is 9.90 Å². The number of aliphatic hydroxyl groups is 1. The highest BCUT2D eigenvalue weighted by Crippen LogP contribution is 2.36. The van der Waals surface area contributed by atoms with Gasteiger partial charge in [0.15, 0.2) is 0 Å². The first-order valence-corrected chi connectivity index (χ1v) is 8.23. The molecule has 1 unspecified atom stereocenters. The molecule has 2 aliphatic rings. The van der Waals surface area contributed by atoms with E-state index in [1.54, 1.807) is 0 Å². The summed E-state index contributed by atoms with van der Waals surface area (Å²) in [6.07, 6.45) is 1.94. The third kappa shape index (κ3) is 3.33. The number of fused-ring (bicyclic) bond motifs is 2. The maximum absolute atomic E-state index is 12.5. The van der Waals surface area contributed by atoms with E-state index in [-0.39, 0.29) is 12.0 Å². The fourth-order valence-corrected chi connectivity index (χ4v) is 3.79. The Balaban J connectivity index is 1.52. The van der Waals surface area contributed by atoms with Gasteiger partial charge in [-0.3, -0.25) is 9.69 Å². The zero-order valence-electron chi connectivity index (χ0n) is 13.5. The van der Waals surface area contributed by atoms with Gasteiger partial charge in [-0.05, 0) is 32.4 Å². The number of carbonyl (C=O) groups excluding carboxylic acids is 1. The van der Waals surface area contributed by atoms with Gasteiger partial charge in [-0.2, -0.15) is 0 Å². The largest absolute Gasteiger partial charge is 0.392 e. The van der Waals surface area contributed by atoms with E-state index in [0.29, 0.717) is 18.4 Å². The van der Waals surface area contributed by atoms with Crippen LogP contribution in [0.15, 0.2) is 24.3 Å². The van der Waals surface area contributed by atoms with Crippen molar-refractivity contribution in [1.29, 1.82) is 0 Å². The minimum Gasteiger partial charge on any atom is -0.392 e. The number of likely N-dealkylation sites (tertiary alicyclic amines) is 1. The fourth-order valence-electron chi connectivity index (χ4n) is 3.79. The highest BCUT2D eigenvalue weighted by Gasteiger charge is 2.42. The standard InChI is InChI=1S/C18H26N2O2/c1-13-3-5-14(6-4-13)9-19(2)12-17(21)20-10-15-7-8-16(11-20)18(15)22/h3-6,15-16,18,22H,7-12H2,1-2H3/t15-,16+,18?. The van der Waals surface area contributed by atoms with Gasteiger partial charge in [-0.15, -0.1) is 0 Å². The Morgan fingerprint density at radius 3 is 2.41 bits per heavy atom. The molecule has 0 aromatic heterocycles. The lowest BCUT2D eigenvalue weighted by atomic mass is 9.95. The number of hydrogen-bond donors (Lipinski definition) is 1. The number of piperidine rings is 1. The van der Waals surface area contributed by atoms with Crippen LogP contribution in [0.25, 0.3) is 0 Å². The smallest absolute Gasteiger partial charge is 0.236 e. The van der Waals surface area contributed by atoms with Crippen LogP contribution in [0.5, 0.6) is 0 Å². The average molecular weight is 302 g/mol. The number of carbonyl (C=O) groups is 1. The van der Waals surface area contributed by atoms with Crippen LogP contribution < -0.4 is 0 Å². The Labute approximate surface area is 132 Å². The number of aliphatic hydroxyl groups excluding tert-OH is 1. The van der Waals surface area contributed by atoms with Gasteiger partial charge >= 0.3 is 0 Å². The van der Waals surface area contributed by atoms with Crippen molar-refractivity contribution in [2.45, 2.75) is 32.4 Å². The lowest BCUT2D eigenvalue weighted by Crippen LogP contribution is -2.49. The van der Waals surface area contributed by atoms with Gasteiger partial charge in [0, 0.05) is 31.5 Å². The molecular formula is C18H26N2O2. The highest BCUT2D eigenvalue weighted by atomic mass is 16.3. The fraction of sp³-hybridized carbons (Fsp3) is 0.611. The van der Waals surface area contributed by atoms with Crippen molar-refractivity contribution in [2.75, 3.05) is 26.7 Å². The molecule has 4 heteroatoms. The third-order valence-electron chi connectivity index (χ3n) is 5.11. The maximum Gasteiger partial charge on any atom is 0.236 e. The summed E-state index contributed by atoms with van der Waals surface area (Å²) >= 11 is 0. The SMILES string of the molecule is Cc1ccc(CN(C)CC(=O)N2C[C@H]3CC[C@@H](C2)C3O)cc1. The van der Waals surface area contributed by atoms with Crippen LogP contribution in [0, 0.1) is 18.8 Å². The van der Waals surface area contributed by atoms with Crippen molar-refractivity contribution in [3.63, 3.8) is 0 Å². The second-order valence-corrected chi connectivity index (χ2v) is 7.04. The molecule has 1 saturated heterocycles. The van der Waals surface area contributed by atoms with Crippen LogP contribution in [-0.4, -0.2) is 53.6 Å². The molecule has 1 aromatic rings. The Bertz CT molecular complexity index is 514. The van der Waals surface area contributed by atoms with E-state index >= 15 is 0 Å². The quantitative estimate of drug-likeness (QED) is 0.920. The van der Waals surface area contributed by atoms with Crippen molar-refractivity contribution in [1.82, 2.24) is 9.80 Å². The molecule has 1 heterocycles. The maximum atomic E-state index is 12.5. The average Bonchev–Trinajstić information content (AvgIpc) is 2.71. The van der Waals surface area contributed by atoms with Gasteiger partial charge in [0.05, 0.1) is 12.6 Å². The van der Waals surface area contributed by atoms with Gasteiger partial charge in [0.1, 0.15) is 0 Å². The molecule has 3 rings (SSSR count). The summed E-state index contributed by atoms with van der Waals surface area (Å²) in [5.74, 6) is 0.786. The van der Waals surface area contributed by atoms with Crippen LogP contribution >= 0.6 is 0 Å². The first kappa shape index (κ1) is 15.5. The molecule has 4 nitrogen and oxygen atoms in total. The zero-order valence-corrected chi connectivity index (χ0v) is 13.5. The molecule has 1 saturated carbocycles. The second kappa shape index (κ2) is 6.39. The summed E-state index contributed by atoms with van der Waals surface area (Å²) in [5, 5.41) is 10.1. The predicted octanol–water partition coefficient (Wildman–Crippen LogP) is 1.66. The summed E-state index contributed by atoms with van der Waals surface area (Å²) < 4.78 is 0. The Morgan fingerprint density at radius 1 is 1.23 bits per heavy atom. The third-order valence-corrected chi connectivity index (χ3v) is 5.11. The molecule has 0 spiro atoms. The van der Waals surface area contributed by atoms with Gasteiger partial charge in [0.2, 0.25) is 5.91 Å².